The number of aryl methyl sites for hydroxylation is 1. The molecule has 1 N–H and O–H groups in total. The van der Waals surface area contributed by atoms with Gasteiger partial charge in [-0.15, -0.1) is 0 Å². The van der Waals surface area contributed by atoms with Crippen LogP contribution in [-0.2, 0) is 6.42 Å². The van der Waals surface area contributed by atoms with Gasteiger partial charge in [-0.25, -0.2) is 4.98 Å². The summed E-state index contributed by atoms with van der Waals surface area (Å²) in [6, 6.07) is 7.33. The Balaban J connectivity index is 1.81. The third kappa shape index (κ3) is 1.98. The molecular weight excluding hydrogens is 217 g/mol. The highest BCUT2D eigenvalue weighted by atomic mass is 19.1. The number of fused-ring (bicyclic) bond motifs is 1. The lowest BCUT2D eigenvalue weighted by Gasteiger charge is -2.13. The molecule has 4 heteroatoms. The van der Waals surface area contributed by atoms with Crippen molar-refractivity contribution < 1.29 is 4.39 Å². The SMILES string of the molecule is Fc1ccc(NC2CCc3cccnc32)cn1. The first kappa shape index (κ1) is 10.2. The van der Waals surface area contributed by atoms with E-state index in [0.29, 0.717) is 0 Å². The van der Waals surface area contributed by atoms with Gasteiger partial charge in [-0.05, 0) is 36.6 Å². The van der Waals surface area contributed by atoms with Crippen LogP contribution in [0.15, 0.2) is 36.7 Å². The molecular formula is C13H12FN3. The molecule has 1 unspecified atom stereocenters. The number of rotatable bonds is 2. The Labute approximate surface area is 98.7 Å². The maximum Gasteiger partial charge on any atom is 0.212 e. The fraction of sp³-hybridized carbons (Fsp3) is 0.231. The minimum absolute atomic E-state index is 0.207. The van der Waals surface area contributed by atoms with E-state index in [0.717, 1.165) is 24.2 Å². The molecule has 2 aromatic heterocycles. The maximum absolute atomic E-state index is 12.7. The van der Waals surface area contributed by atoms with Gasteiger partial charge in [-0.2, -0.15) is 4.39 Å². The van der Waals surface area contributed by atoms with Crippen molar-refractivity contribution in [1.82, 2.24) is 9.97 Å². The van der Waals surface area contributed by atoms with E-state index in [9.17, 15) is 4.39 Å². The Hall–Kier alpha value is -1.97. The van der Waals surface area contributed by atoms with Crippen LogP contribution in [0.4, 0.5) is 10.1 Å². The summed E-state index contributed by atoms with van der Waals surface area (Å²) in [5, 5.41) is 3.33. The zero-order valence-corrected chi connectivity index (χ0v) is 9.23. The Kier molecular flexibility index (Phi) is 2.48. The lowest BCUT2D eigenvalue weighted by atomic mass is 10.2. The second-order valence-corrected chi connectivity index (χ2v) is 4.15. The zero-order chi connectivity index (χ0) is 11.7. The third-order valence-corrected chi connectivity index (χ3v) is 3.03. The minimum Gasteiger partial charge on any atom is -0.375 e. The van der Waals surface area contributed by atoms with Crippen molar-refractivity contribution in [3.8, 4) is 0 Å². The second-order valence-electron chi connectivity index (χ2n) is 4.15. The summed E-state index contributed by atoms with van der Waals surface area (Å²) in [6.07, 6.45) is 5.37. The highest BCUT2D eigenvalue weighted by Gasteiger charge is 2.23. The van der Waals surface area contributed by atoms with E-state index in [1.165, 1.54) is 17.8 Å². The Morgan fingerprint density at radius 3 is 3.00 bits per heavy atom. The van der Waals surface area contributed by atoms with Crippen LogP contribution in [0.5, 0.6) is 0 Å². The summed E-state index contributed by atoms with van der Waals surface area (Å²) in [5.41, 5.74) is 3.21. The summed E-state index contributed by atoms with van der Waals surface area (Å²) in [4.78, 5) is 8.03. The number of aromatic nitrogens is 2. The molecule has 0 fully saturated rings. The number of pyridine rings is 2. The number of halogens is 1. The normalized spacial score (nSPS) is 17.8. The molecule has 1 aliphatic rings. The van der Waals surface area contributed by atoms with Crippen LogP contribution in [0.2, 0.25) is 0 Å². The number of nitrogens with zero attached hydrogens (tertiary/aromatic N) is 2. The third-order valence-electron chi connectivity index (χ3n) is 3.03. The van der Waals surface area contributed by atoms with E-state index in [1.54, 1.807) is 6.07 Å². The van der Waals surface area contributed by atoms with Gasteiger partial charge in [0.1, 0.15) is 0 Å². The first-order valence-electron chi connectivity index (χ1n) is 5.65. The van der Waals surface area contributed by atoms with Crippen molar-refractivity contribution in [2.45, 2.75) is 18.9 Å². The van der Waals surface area contributed by atoms with Crippen molar-refractivity contribution in [3.05, 3.63) is 53.9 Å². The van der Waals surface area contributed by atoms with E-state index in [4.69, 9.17) is 0 Å². The number of anilines is 1. The summed E-state index contributed by atoms with van der Waals surface area (Å²) in [5.74, 6) is -0.458. The molecule has 1 aliphatic carbocycles. The Bertz CT molecular complexity index is 524. The molecule has 1 atom stereocenters. The minimum atomic E-state index is -0.458. The van der Waals surface area contributed by atoms with Crippen LogP contribution in [-0.4, -0.2) is 9.97 Å². The van der Waals surface area contributed by atoms with Gasteiger partial charge in [0.15, 0.2) is 0 Å². The van der Waals surface area contributed by atoms with Gasteiger partial charge in [-0.3, -0.25) is 4.98 Å². The molecule has 0 amide bonds. The summed E-state index contributed by atoms with van der Waals surface area (Å²) >= 11 is 0. The highest BCUT2D eigenvalue weighted by Crippen LogP contribution is 2.31. The van der Waals surface area contributed by atoms with E-state index in [1.807, 2.05) is 12.3 Å². The van der Waals surface area contributed by atoms with Gasteiger partial charge in [0.05, 0.1) is 23.6 Å². The predicted octanol–water partition coefficient (Wildman–Crippen LogP) is 2.72. The second kappa shape index (κ2) is 4.13. The van der Waals surface area contributed by atoms with Gasteiger partial charge < -0.3 is 5.32 Å². The Morgan fingerprint density at radius 1 is 1.24 bits per heavy atom. The van der Waals surface area contributed by atoms with Crippen molar-refractivity contribution in [3.63, 3.8) is 0 Å². The van der Waals surface area contributed by atoms with Crippen molar-refractivity contribution in [2.75, 3.05) is 5.32 Å². The molecule has 3 rings (SSSR count). The first-order valence-corrected chi connectivity index (χ1v) is 5.65. The summed E-state index contributed by atoms with van der Waals surface area (Å²) < 4.78 is 12.7. The molecule has 2 heterocycles. The molecule has 17 heavy (non-hydrogen) atoms. The molecule has 2 aromatic rings. The fourth-order valence-electron chi connectivity index (χ4n) is 2.22. The lowest BCUT2D eigenvalue weighted by molar-refractivity contribution is 0.583. The average molecular weight is 229 g/mol. The quantitative estimate of drug-likeness (QED) is 0.804. The van der Waals surface area contributed by atoms with Crippen LogP contribution in [0.3, 0.4) is 0 Å². The van der Waals surface area contributed by atoms with Crippen molar-refractivity contribution in [1.29, 1.82) is 0 Å². The van der Waals surface area contributed by atoms with Gasteiger partial charge in [0, 0.05) is 6.20 Å². The molecule has 0 spiro atoms. The molecule has 0 bridgehead atoms. The monoisotopic (exact) mass is 229 g/mol. The van der Waals surface area contributed by atoms with Gasteiger partial charge >= 0.3 is 0 Å². The molecule has 0 radical (unpaired) electrons. The van der Waals surface area contributed by atoms with Crippen LogP contribution in [0, 0.1) is 5.95 Å². The van der Waals surface area contributed by atoms with E-state index >= 15 is 0 Å². The Morgan fingerprint density at radius 2 is 2.18 bits per heavy atom. The smallest absolute Gasteiger partial charge is 0.212 e. The first-order chi connectivity index (χ1) is 8.33. The van der Waals surface area contributed by atoms with E-state index < -0.39 is 5.95 Å². The number of nitrogens with one attached hydrogen (secondary N) is 1. The fourth-order valence-corrected chi connectivity index (χ4v) is 2.22. The predicted molar refractivity (Wildman–Crippen MR) is 63.1 cm³/mol. The van der Waals surface area contributed by atoms with E-state index in [-0.39, 0.29) is 6.04 Å². The molecule has 86 valence electrons. The van der Waals surface area contributed by atoms with Crippen molar-refractivity contribution in [2.24, 2.45) is 0 Å². The molecule has 0 saturated carbocycles. The van der Waals surface area contributed by atoms with Crippen molar-refractivity contribution >= 4 is 5.69 Å². The van der Waals surface area contributed by atoms with Crippen LogP contribution in [0.25, 0.3) is 0 Å². The van der Waals surface area contributed by atoms with Crippen LogP contribution < -0.4 is 5.32 Å². The molecule has 0 aliphatic heterocycles. The molecule has 3 nitrogen and oxygen atoms in total. The topological polar surface area (TPSA) is 37.8 Å². The van der Waals surface area contributed by atoms with Gasteiger partial charge in [0.25, 0.3) is 0 Å². The van der Waals surface area contributed by atoms with Gasteiger partial charge in [0.2, 0.25) is 5.95 Å². The largest absolute Gasteiger partial charge is 0.375 e. The maximum atomic E-state index is 12.7. The van der Waals surface area contributed by atoms with Crippen LogP contribution in [0.1, 0.15) is 23.7 Å². The highest BCUT2D eigenvalue weighted by molar-refractivity contribution is 5.44. The van der Waals surface area contributed by atoms with Crippen LogP contribution >= 0.6 is 0 Å². The van der Waals surface area contributed by atoms with E-state index in [2.05, 4.69) is 21.4 Å². The molecule has 0 saturated heterocycles. The zero-order valence-electron chi connectivity index (χ0n) is 9.23. The average Bonchev–Trinajstić information content (AvgIpc) is 2.76. The number of hydrogen-bond acceptors (Lipinski definition) is 3. The summed E-state index contributed by atoms with van der Waals surface area (Å²) in [6.45, 7) is 0. The standard InChI is InChI=1S/C13H12FN3/c14-12-6-4-10(8-16-12)17-11-5-3-9-2-1-7-15-13(9)11/h1-2,4,6-8,11,17H,3,5H2. The van der Waals surface area contributed by atoms with Gasteiger partial charge in [-0.1, -0.05) is 6.07 Å². The summed E-state index contributed by atoms with van der Waals surface area (Å²) in [7, 11) is 0. The molecule has 0 aromatic carbocycles. The number of hydrogen-bond donors (Lipinski definition) is 1. The lowest BCUT2D eigenvalue weighted by Crippen LogP contribution is -2.08.